The van der Waals surface area contributed by atoms with Gasteiger partial charge >= 0.3 is 0 Å². The van der Waals surface area contributed by atoms with Crippen LogP contribution in [0, 0.1) is 18.2 Å². The molecule has 0 saturated carbocycles. The molecule has 0 fully saturated rings. The first-order valence-electron chi connectivity index (χ1n) is 7.95. The Morgan fingerprint density at radius 1 is 1.17 bits per heavy atom. The second-order valence-electron chi connectivity index (χ2n) is 6.86. The summed E-state index contributed by atoms with van der Waals surface area (Å²) in [5.41, 5.74) is 5.87. The fourth-order valence-corrected chi connectivity index (χ4v) is 3.51. The molecule has 23 heavy (non-hydrogen) atoms. The van der Waals surface area contributed by atoms with Gasteiger partial charge in [0.25, 0.3) is 0 Å². The number of rotatable bonds is 3. The highest BCUT2D eigenvalue weighted by atomic mass is 35.5. The Kier molecular flexibility index (Phi) is 4.29. The molecule has 0 saturated heterocycles. The van der Waals surface area contributed by atoms with E-state index in [2.05, 4.69) is 31.0 Å². The highest BCUT2D eigenvalue weighted by molar-refractivity contribution is 6.17. The molecule has 1 aromatic carbocycles. The standard InChI is InChI=1S/C20H21ClFN/c1-13-9-17(19(22)12-23-13)15-7-6-14(11-21)10-16(15)18-5-4-8-20(18,2)3/h5-7,9-10,12H,4,8,11H2,1-3H3. The number of pyridine rings is 1. The van der Waals surface area contributed by atoms with Gasteiger partial charge in [-0.2, -0.15) is 0 Å². The minimum Gasteiger partial charge on any atom is -0.259 e. The fraction of sp³-hybridized carbons (Fsp3) is 0.350. The highest BCUT2D eigenvalue weighted by Gasteiger charge is 2.30. The van der Waals surface area contributed by atoms with E-state index in [9.17, 15) is 4.39 Å². The number of hydrogen-bond donors (Lipinski definition) is 0. The molecule has 0 bridgehead atoms. The molecule has 1 aliphatic carbocycles. The summed E-state index contributed by atoms with van der Waals surface area (Å²) in [4.78, 5) is 4.04. The highest BCUT2D eigenvalue weighted by Crippen LogP contribution is 2.47. The second kappa shape index (κ2) is 6.09. The van der Waals surface area contributed by atoms with Crippen LogP contribution in [0.25, 0.3) is 16.7 Å². The van der Waals surface area contributed by atoms with Gasteiger partial charge in [0.1, 0.15) is 5.82 Å². The van der Waals surface area contributed by atoms with Crippen molar-refractivity contribution < 1.29 is 4.39 Å². The Balaban J connectivity index is 2.24. The molecule has 0 amide bonds. The first kappa shape index (κ1) is 16.2. The maximum Gasteiger partial charge on any atom is 0.149 e. The van der Waals surface area contributed by atoms with Gasteiger partial charge in [0.05, 0.1) is 6.20 Å². The van der Waals surface area contributed by atoms with Crippen LogP contribution in [0.3, 0.4) is 0 Å². The molecule has 120 valence electrons. The van der Waals surface area contributed by atoms with Crippen LogP contribution in [-0.4, -0.2) is 4.98 Å². The van der Waals surface area contributed by atoms with Crippen molar-refractivity contribution >= 4 is 17.2 Å². The van der Waals surface area contributed by atoms with Crippen molar-refractivity contribution in [2.24, 2.45) is 5.41 Å². The topological polar surface area (TPSA) is 12.9 Å². The van der Waals surface area contributed by atoms with E-state index in [4.69, 9.17) is 11.6 Å². The van der Waals surface area contributed by atoms with Gasteiger partial charge in [0.15, 0.2) is 0 Å². The molecule has 0 N–H and O–H groups in total. The first-order valence-corrected chi connectivity index (χ1v) is 8.48. The van der Waals surface area contributed by atoms with Gasteiger partial charge in [-0.15, -0.1) is 11.6 Å². The molecule has 0 unspecified atom stereocenters. The Bertz CT molecular complexity index is 777. The van der Waals surface area contributed by atoms with Crippen molar-refractivity contribution in [3.05, 3.63) is 59.2 Å². The number of halogens is 2. The number of alkyl halides is 1. The molecule has 3 heteroatoms. The number of nitrogens with zero attached hydrogens (tertiary/aromatic N) is 1. The number of aromatic nitrogens is 1. The largest absolute Gasteiger partial charge is 0.259 e. The smallest absolute Gasteiger partial charge is 0.149 e. The summed E-state index contributed by atoms with van der Waals surface area (Å²) in [6.45, 7) is 6.38. The Hall–Kier alpha value is -1.67. The van der Waals surface area contributed by atoms with Gasteiger partial charge in [-0.3, -0.25) is 4.98 Å². The van der Waals surface area contributed by atoms with Crippen LogP contribution >= 0.6 is 11.6 Å². The SMILES string of the molecule is Cc1cc(-c2ccc(CCl)cc2C2=CCCC2(C)C)c(F)cn1. The van der Waals surface area contributed by atoms with Gasteiger partial charge in [0, 0.05) is 17.1 Å². The van der Waals surface area contributed by atoms with Gasteiger partial charge < -0.3 is 0 Å². The maximum atomic E-state index is 14.4. The molecule has 1 aromatic heterocycles. The molecule has 1 nitrogen and oxygen atoms in total. The zero-order chi connectivity index (χ0) is 16.6. The van der Waals surface area contributed by atoms with Crippen molar-refractivity contribution in [1.82, 2.24) is 4.98 Å². The summed E-state index contributed by atoms with van der Waals surface area (Å²) in [5.74, 6) is 0.172. The minimum absolute atomic E-state index is 0.0955. The van der Waals surface area contributed by atoms with Crippen LogP contribution in [0.4, 0.5) is 4.39 Å². The van der Waals surface area contributed by atoms with Gasteiger partial charge in [-0.1, -0.05) is 32.1 Å². The van der Waals surface area contributed by atoms with E-state index in [-0.39, 0.29) is 11.2 Å². The molecule has 1 aliphatic rings. The molecule has 2 aromatic rings. The average Bonchev–Trinajstić information content (AvgIpc) is 2.88. The quantitative estimate of drug-likeness (QED) is 0.616. The second-order valence-corrected chi connectivity index (χ2v) is 7.13. The summed E-state index contributed by atoms with van der Waals surface area (Å²) < 4.78 is 14.4. The van der Waals surface area contributed by atoms with Crippen molar-refractivity contribution in [2.75, 3.05) is 0 Å². The number of benzene rings is 1. The van der Waals surface area contributed by atoms with Crippen molar-refractivity contribution in [2.45, 2.75) is 39.5 Å². The van der Waals surface area contributed by atoms with E-state index in [0.29, 0.717) is 11.4 Å². The normalized spacial score (nSPS) is 16.5. The predicted molar refractivity (Wildman–Crippen MR) is 94.9 cm³/mol. The third kappa shape index (κ3) is 3.05. The van der Waals surface area contributed by atoms with Crippen molar-refractivity contribution in [1.29, 1.82) is 0 Å². The van der Waals surface area contributed by atoms with Crippen LogP contribution in [0.15, 0.2) is 36.5 Å². The third-order valence-electron chi connectivity index (χ3n) is 4.66. The molecule has 3 rings (SSSR count). The van der Waals surface area contributed by atoms with E-state index in [1.165, 1.54) is 11.8 Å². The summed E-state index contributed by atoms with van der Waals surface area (Å²) in [5, 5.41) is 0. The Labute approximate surface area is 142 Å². The lowest BCUT2D eigenvalue weighted by molar-refractivity contribution is 0.487. The lowest BCUT2D eigenvalue weighted by Crippen LogP contribution is -2.10. The zero-order valence-electron chi connectivity index (χ0n) is 13.8. The lowest BCUT2D eigenvalue weighted by atomic mass is 9.79. The van der Waals surface area contributed by atoms with E-state index < -0.39 is 0 Å². The van der Waals surface area contributed by atoms with Gasteiger partial charge in [-0.25, -0.2) is 4.39 Å². The van der Waals surface area contributed by atoms with Gasteiger partial charge in [-0.05, 0) is 59.6 Å². The van der Waals surface area contributed by atoms with Crippen LogP contribution in [0.1, 0.15) is 43.5 Å². The molecular formula is C20H21ClFN. The number of allylic oxidation sites excluding steroid dienone is 2. The molecule has 0 atom stereocenters. The van der Waals surface area contributed by atoms with E-state index in [1.807, 2.05) is 25.1 Å². The number of aryl methyl sites for hydroxylation is 1. The molecule has 1 heterocycles. The van der Waals surface area contributed by atoms with Gasteiger partial charge in [0.2, 0.25) is 0 Å². The minimum atomic E-state index is -0.285. The van der Waals surface area contributed by atoms with Crippen LogP contribution < -0.4 is 0 Å². The molecule has 0 aliphatic heterocycles. The zero-order valence-corrected chi connectivity index (χ0v) is 14.5. The monoisotopic (exact) mass is 329 g/mol. The van der Waals surface area contributed by atoms with E-state index in [1.54, 1.807) is 0 Å². The van der Waals surface area contributed by atoms with Crippen LogP contribution in [0.5, 0.6) is 0 Å². The summed E-state index contributed by atoms with van der Waals surface area (Å²) >= 11 is 6.03. The van der Waals surface area contributed by atoms with Crippen LogP contribution in [0.2, 0.25) is 0 Å². The summed E-state index contributed by atoms with van der Waals surface area (Å²) in [7, 11) is 0. The Morgan fingerprint density at radius 2 is 1.96 bits per heavy atom. The van der Waals surface area contributed by atoms with E-state index in [0.717, 1.165) is 35.2 Å². The maximum absolute atomic E-state index is 14.4. The van der Waals surface area contributed by atoms with E-state index >= 15 is 0 Å². The fourth-order valence-electron chi connectivity index (χ4n) is 3.34. The lowest BCUT2D eigenvalue weighted by Gasteiger charge is -2.25. The summed E-state index contributed by atoms with van der Waals surface area (Å²) in [6, 6.07) is 7.89. The predicted octanol–water partition coefficient (Wildman–Crippen LogP) is 6.14. The average molecular weight is 330 g/mol. The first-order chi connectivity index (χ1) is 10.9. The van der Waals surface area contributed by atoms with Crippen molar-refractivity contribution in [3.63, 3.8) is 0 Å². The third-order valence-corrected chi connectivity index (χ3v) is 4.97. The molecule has 0 radical (unpaired) electrons. The van der Waals surface area contributed by atoms with Crippen molar-refractivity contribution in [3.8, 4) is 11.1 Å². The molecule has 0 spiro atoms. The van der Waals surface area contributed by atoms with Crippen LogP contribution in [-0.2, 0) is 5.88 Å². The molecular weight excluding hydrogens is 309 g/mol. The Morgan fingerprint density at radius 3 is 2.61 bits per heavy atom. The number of hydrogen-bond acceptors (Lipinski definition) is 1. The summed E-state index contributed by atoms with van der Waals surface area (Å²) in [6.07, 6.45) is 5.76.